The molecule has 2 saturated carbocycles. The molecule has 0 unspecified atom stereocenters. The minimum Gasteiger partial charge on any atom is -0.490 e. The van der Waals surface area contributed by atoms with Crippen LogP contribution in [0.2, 0.25) is 5.02 Å². The summed E-state index contributed by atoms with van der Waals surface area (Å²) in [6.07, 6.45) is 2.05. The number of esters is 1. The largest absolute Gasteiger partial charge is 0.490 e. The van der Waals surface area contributed by atoms with E-state index in [0.29, 0.717) is 41.9 Å². The van der Waals surface area contributed by atoms with Gasteiger partial charge in [0.1, 0.15) is 12.4 Å². The zero-order valence-corrected chi connectivity index (χ0v) is 13.0. The van der Waals surface area contributed by atoms with Gasteiger partial charge in [0.05, 0.1) is 29.7 Å². The van der Waals surface area contributed by atoms with Gasteiger partial charge in [-0.15, -0.1) is 0 Å². The lowest BCUT2D eigenvalue weighted by Crippen LogP contribution is -2.35. The fourth-order valence-corrected chi connectivity index (χ4v) is 3.54. The summed E-state index contributed by atoms with van der Waals surface area (Å²) in [6.45, 7) is 1.38. The van der Waals surface area contributed by atoms with Crippen LogP contribution < -0.4 is 4.74 Å². The van der Waals surface area contributed by atoms with E-state index in [2.05, 4.69) is 0 Å². The predicted molar refractivity (Wildman–Crippen MR) is 78.9 cm³/mol. The first-order chi connectivity index (χ1) is 10.5. The molecule has 0 atom stereocenters. The van der Waals surface area contributed by atoms with Crippen LogP contribution in [0.3, 0.4) is 0 Å². The van der Waals surface area contributed by atoms with Gasteiger partial charge in [-0.2, -0.15) is 0 Å². The number of benzene rings is 1. The molecule has 1 aromatic rings. The number of rotatable bonds is 2. The van der Waals surface area contributed by atoms with Gasteiger partial charge >= 0.3 is 5.97 Å². The third-order valence-corrected chi connectivity index (χ3v) is 5.19. The van der Waals surface area contributed by atoms with Crippen LogP contribution in [0.4, 0.5) is 0 Å². The lowest BCUT2D eigenvalue weighted by atomic mass is 10.1. The van der Waals surface area contributed by atoms with Crippen molar-refractivity contribution in [1.82, 2.24) is 4.90 Å². The Hall–Kier alpha value is -1.75. The number of nitrogens with zero attached hydrogens (tertiary/aromatic N) is 1. The summed E-state index contributed by atoms with van der Waals surface area (Å²) in [5, 5.41) is 0.376. The fraction of sp³-hybridized carbons (Fsp3) is 0.500. The first-order valence-electron chi connectivity index (χ1n) is 7.38. The molecule has 2 fully saturated rings. The molecule has 0 spiro atoms. The number of methoxy groups -OCH3 is 1. The molecular weight excluding hydrogens is 306 g/mol. The Bertz CT molecular complexity index is 681. The third kappa shape index (κ3) is 1.99. The van der Waals surface area contributed by atoms with E-state index in [9.17, 15) is 9.59 Å². The minimum atomic E-state index is -0.449. The van der Waals surface area contributed by atoms with E-state index < -0.39 is 5.97 Å². The normalized spacial score (nSPS) is 27.9. The lowest BCUT2D eigenvalue weighted by Gasteiger charge is -2.21. The molecule has 1 aromatic carbocycles. The van der Waals surface area contributed by atoms with E-state index in [1.165, 1.54) is 7.11 Å². The smallest absolute Gasteiger partial charge is 0.337 e. The topological polar surface area (TPSA) is 55.8 Å². The molecule has 0 N–H and O–H groups in total. The molecule has 4 rings (SSSR count). The molecule has 2 aliphatic carbocycles. The van der Waals surface area contributed by atoms with Crippen LogP contribution in [0.15, 0.2) is 12.1 Å². The fourth-order valence-electron chi connectivity index (χ4n) is 3.25. The summed E-state index contributed by atoms with van der Waals surface area (Å²) in [5.41, 5.74) is 1.07. The first-order valence-corrected chi connectivity index (χ1v) is 7.76. The van der Waals surface area contributed by atoms with Crippen LogP contribution in [0.25, 0.3) is 0 Å². The Kier molecular flexibility index (Phi) is 2.92. The minimum absolute atomic E-state index is 0.0613. The SMILES string of the molecule is COC(=O)c1cc(Cl)c2c(c1)CN(C(=O)C13CC1C3)CCO2. The second-order valence-corrected chi connectivity index (χ2v) is 6.68. The standard InChI is InChI=1S/C16H16ClNO4/c1-21-14(19)9-4-10-8-18(15(20)16-6-11(16)7-16)2-3-22-13(10)12(17)5-9/h4-5,11H,2-3,6-8H2,1H3. The van der Waals surface area contributed by atoms with Crippen LogP contribution in [0.5, 0.6) is 5.75 Å². The van der Waals surface area contributed by atoms with Gasteiger partial charge in [0.2, 0.25) is 5.91 Å². The van der Waals surface area contributed by atoms with Gasteiger partial charge in [-0.1, -0.05) is 11.6 Å². The van der Waals surface area contributed by atoms with E-state index in [-0.39, 0.29) is 11.3 Å². The molecule has 3 aliphatic rings. The molecule has 0 bridgehead atoms. The lowest BCUT2D eigenvalue weighted by molar-refractivity contribution is -0.135. The van der Waals surface area contributed by atoms with Gasteiger partial charge in [0.25, 0.3) is 0 Å². The summed E-state index contributed by atoms with van der Waals surface area (Å²) < 4.78 is 10.4. The Labute approximate surface area is 133 Å². The van der Waals surface area contributed by atoms with E-state index in [0.717, 1.165) is 18.4 Å². The summed E-state index contributed by atoms with van der Waals surface area (Å²) in [7, 11) is 1.33. The van der Waals surface area contributed by atoms with Crippen LogP contribution in [0, 0.1) is 11.3 Å². The van der Waals surface area contributed by atoms with Crippen LogP contribution >= 0.6 is 11.6 Å². The number of fused-ring (bicyclic) bond motifs is 2. The van der Waals surface area contributed by atoms with Gasteiger partial charge < -0.3 is 14.4 Å². The molecule has 116 valence electrons. The van der Waals surface area contributed by atoms with Gasteiger partial charge in [0, 0.05) is 12.1 Å². The maximum Gasteiger partial charge on any atom is 0.337 e. The number of hydrogen-bond donors (Lipinski definition) is 0. The number of amides is 1. The highest BCUT2D eigenvalue weighted by Crippen LogP contribution is 2.76. The van der Waals surface area contributed by atoms with Crippen LogP contribution in [-0.2, 0) is 16.1 Å². The maximum absolute atomic E-state index is 12.6. The van der Waals surface area contributed by atoms with Gasteiger partial charge in [0.15, 0.2) is 0 Å². The molecule has 1 heterocycles. The van der Waals surface area contributed by atoms with E-state index in [4.69, 9.17) is 21.1 Å². The van der Waals surface area contributed by atoms with Crippen molar-refractivity contribution in [1.29, 1.82) is 0 Å². The molecule has 0 aromatic heterocycles. The van der Waals surface area contributed by atoms with Crippen LogP contribution in [-0.4, -0.2) is 37.0 Å². The highest BCUT2D eigenvalue weighted by Gasteiger charge is 2.75. The summed E-state index contributed by atoms with van der Waals surface area (Å²) in [5.74, 6) is 0.933. The molecule has 22 heavy (non-hydrogen) atoms. The number of ether oxygens (including phenoxy) is 2. The molecule has 1 aliphatic heterocycles. The Morgan fingerprint density at radius 2 is 2.14 bits per heavy atom. The average Bonchev–Trinajstić information content (AvgIpc) is 3.35. The van der Waals surface area contributed by atoms with Crippen molar-refractivity contribution in [3.05, 3.63) is 28.3 Å². The third-order valence-electron chi connectivity index (χ3n) is 4.91. The average molecular weight is 322 g/mol. The van der Waals surface area contributed by atoms with Crippen molar-refractivity contribution in [2.24, 2.45) is 11.3 Å². The zero-order chi connectivity index (χ0) is 15.5. The highest BCUT2D eigenvalue weighted by molar-refractivity contribution is 6.32. The molecule has 1 amide bonds. The molecule has 5 nitrogen and oxygen atoms in total. The van der Waals surface area contributed by atoms with Gasteiger partial charge in [-0.3, -0.25) is 4.79 Å². The summed E-state index contributed by atoms with van der Waals surface area (Å²) in [4.78, 5) is 26.1. The zero-order valence-electron chi connectivity index (χ0n) is 12.2. The number of hydrogen-bond acceptors (Lipinski definition) is 4. The molecular formula is C16H16ClNO4. The highest BCUT2D eigenvalue weighted by atomic mass is 35.5. The van der Waals surface area contributed by atoms with Gasteiger partial charge in [-0.25, -0.2) is 4.79 Å². The summed E-state index contributed by atoms with van der Waals surface area (Å²) >= 11 is 6.22. The van der Waals surface area contributed by atoms with Crippen molar-refractivity contribution >= 4 is 23.5 Å². The van der Waals surface area contributed by atoms with E-state index >= 15 is 0 Å². The van der Waals surface area contributed by atoms with Crippen molar-refractivity contribution in [3.8, 4) is 5.75 Å². The number of carbonyl (C=O) groups is 2. The van der Waals surface area contributed by atoms with Gasteiger partial charge in [-0.05, 0) is 30.9 Å². The van der Waals surface area contributed by atoms with Crippen molar-refractivity contribution in [3.63, 3.8) is 0 Å². The van der Waals surface area contributed by atoms with Crippen molar-refractivity contribution in [2.75, 3.05) is 20.3 Å². The Morgan fingerprint density at radius 1 is 1.41 bits per heavy atom. The predicted octanol–water partition coefficient (Wildman–Crippen LogP) is 2.26. The Morgan fingerprint density at radius 3 is 2.77 bits per heavy atom. The quantitative estimate of drug-likeness (QED) is 0.784. The Balaban J connectivity index is 1.65. The second kappa shape index (κ2) is 4.62. The summed E-state index contributed by atoms with van der Waals surface area (Å²) in [6, 6.07) is 3.24. The van der Waals surface area contributed by atoms with Crippen molar-refractivity contribution < 1.29 is 19.1 Å². The van der Waals surface area contributed by atoms with E-state index in [1.54, 1.807) is 12.1 Å². The maximum atomic E-state index is 12.6. The first kappa shape index (κ1) is 13.9. The number of halogens is 1. The van der Waals surface area contributed by atoms with Crippen molar-refractivity contribution in [2.45, 2.75) is 19.4 Å². The molecule has 6 heteroatoms. The monoisotopic (exact) mass is 321 g/mol. The van der Waals surface area contributed by atoms with E-state index in [1.807, 2.05) is 4.90 Å². The van der Waals surface area contributed by atoms with Crippen LogP contribution in [0.1, 0.15) is 28.8 Å². The molecule has 0 saturated heterocycles. The number of carbonyl (C=O) groups excluding carboxylic acids is 2. The second-order valence-electron chi connectivity index (χ2n) is 6.27. The molecule has 0 radical (unpaired) electrons.